The van der Waals surface area contributed by atoms with Crippen molar-refractivity contribution in [2.75, 3.05) is 11.9 Å². The second-order valence-corrected chi connectivity index (χ2v) is 9.22. The van der Waals surface area contributed by atoms with E-state index in [1.165, 1.54) is 23.1 Å². The van der Waals surface area contributed by atoms with Crippen LogP contribution in [0.5, 0.6) is 5.75 Å². The van der Waals surface area contributed by atoms with E-state index in [1.54, 1.807) is 0 Å². The molecule has 7 heteroatoms. The first kappa shape index (κ1) is 22.0. The fourth-order valence-electron chi connectivity index (χ4n) is 3.04. The molecule has 1 unspecified atom stereocenters. The highest BCUT2D eigenvalue weighted by atomic mass is 32.2. The number of para-hydroxylation sites is 1. The lowest BCUT2D eigenvalue weighted by molar-refractivity contribution is -0.115. The van der Waals surface area contributed by atoms with E-state index in [1.807, 2.05) is 91.0 Å². The van der Waals surface area contributed by atoms with Crippen LogP contribution in [0, 0.1) is 0 Å². The summed E-state index contributed by atoms with van der Waals surface area (Å²) >= 11 is 2.93. The van der Waals surface area contributed by atoms with E-state index < -0.39 is 0 Å². The van der Waals surface area contributed by atoms with Crippen LogP contribution in [0.2, 0.25) is 0 Å². The predicted molar refractivity (Wildman–Crippen MR) is 130 cm³/mol. The minimum atomic E-state index is -0.384. The average molecular weight is 462 g/mol. The number of ether oxygens (including phenoxy) is 1. The smallest absolute Gasteiger partial charge is 0.244 e. The van der Waals surface area contributed by atoms with Gasteiger partial charge >= 0.3 is 0 Å². The number of hydrogen-bond acceptors (Lipinski definition) is 6. The summed E-state index contributed by atoms with van der Waals surface area (Å²) in [4.78, 5) is 14.2. The molecule has 4 rings (SSSR count). The maximum absolute atomic E-state index is 13.1. The number of nitrogens with zero attached hydrogens (tertiary/aromatic N) is 2. The number of aryl methyl sites for hydroxylation is 1. The molecule has 0 saturated heterocycles. The third kappa shape index (κ3) is 6.42. The largest absolute Gasteiger partial charge is 0.494 e. The summed E-state index contributed by atoms with van der Waals surface area (Å²) in [5.41, 5.74) is 0.946. The molecular weight excluding hydrogens is 438 g/mol. The van der Waals surface area contributed by atoms with Crippen molar-refractivity contribution in [2.45, 2.75) is 23.0 Å². The van der Waals surface area contributed by atoms with Gasteiger partial charge in [-0.15, -0.1) is 22.0 Å². The minimum Gasteiger partial charge on any atom is -0.494 e. The Bertz CT molecular complexity index is 1110. The van der Waals surface area contributed by atoms with Gasteiger partial charge in [0.25, 0.3) is 0 Å². The zero-order chi connectivity index (χ0) is 22.0. The monoisotopic (exact) mass is 461 g/mol. The molecule has 1 aromatic heterocycles. The van der Waals surface area contributed by atoms with Crippen molar-refractivity contribution in [3.63, 3.8) is 0 Å². The highest BCUT2D eigenvalue weighted by Crippen LogP contribution is 2.36. The van der Waals surface area contributed by atoms with Gasteiger partial charge in [-0.25, -0.2) is 0 Å². The Morgan fingerprint density at radius 2 is 1.56 bits per heavy atom. The number of nitrogens with one attached hydrogen (secondary N) is 1. The predicted octanol–water partition coefficient (Wildman–Crippen LogP) is 6.02. The second kappa shape index (κ2) is 11.5. The summed E-state index contributed by atoms with van der Waals surface area (Å²) in [6.45, 7) is 0.606. The molecule has 1 heterocycles. The molecule has 1 N–H and O–H groups in total. The maximum Gasteiger partial charge on any atom is 0.244 e. The topological polar surface area (TPSA) is 64.1 Å². The van der Waals surface area contributed by atoms with E-state index in [0.29, 0.717) is 11.7 Å². The molecule has 0 aliphatic rings. The van der Waals surface area contributed by atoms with Crippen molar-refractivity contribution in [1.82, 2.24) is 10.2 Å². The van der Waals surface area contributed by atoms with Gasteiger partial charge in [-0.1, -0.05) is 78.1 Å². The number of amides is 1. The van der Waals surface area contributed by atoms with Gasteiger partial charge in [0.2, 0.25) is 11.0 Å². The lowest BCUT2D eigenvalue weighted by Gasteiger charge is -2.16. The van der Waals surface area contributed by atoms with Crippen LogP contribution in [0.4, 0.5) is 5.13 Å². The standard InChI is InChI=1S/C25H23N3O2S2/c29-24(23(19-11-4-1-5-12-19)31-21-15-8-3-9-16-21)26-25-28-27-22(32-25)17-10-18-30-20-13-6-2-7-14-20/h1-9,11-16,23H,10,17-18H2,(H,26,28,29). The first-order valence-electron chi connectivity index (χ1n) is 10.4. The molecule has 0 bridgehead atoms. The third-order valence-corrected chi connectivity index (χ3v) is 6.75. The molecule has 0 radical (unpaired) electrons. The molecule has 1 amide bonds. The second-order valence-electron chi connectivity index (χ2n) is 6.98. The third-order valence-electron chi connectivity index (χ3n) is 4.58. The Morgan fingerprint density at radius 3 is 2.28 bits per heavy atom. The van der Waals surface area contributed by atoms with Crippen LogP contribution in [0.15, 0.2) is 95.9 Å². The quantitative estimate of drug-likeness (QED) is 0.231. The lowest BCUT2D eigenvalue weighted by Crippen LogP contribution is -2.18. The SMILES string of the molecule is O=C(Nc1nnc(CCCOc2ccccc2)s1)C(Sc1ccccc1)c1ccccc1. The highest BCUT2D eigenvalue weighted by Gasteiger charge is 2.23. The summed E-state index contributed by atoms with van der Waals surface area (Å²) in [5.74, 6) is 0.751. The molecule has 162 valence electrons. The number of aromatic nitrogens is 2. The average Bonchev–Trinajstić information content (AvgIpc) is 3.29. The van der Waals surface area contributed by atoms with Crippen LogP contribution in [0.25, 0.3) is 0 Å². The van der Waals surface area contributed by atoms with Crippen molar-refractivity contribution in [3.05, 3.63) is 102 Å². The van der Waals surface area contributed by atoms with Gasteiger partial charge < -0.3 is 4.74 Å². The fraction of sp³-hybridized carbons (Fsp3) is 0.160. The van der Waals surface area contributed by atoms with E-state index >= 15 is 0 Å². The number of carbonyl (C=O) groups excluding carboxylic acids is 1. The normalized spacial score (nSPS) is 11.6. The summed E-state index contributed by atoms with van der Waals surface area (Å²) in [7, 11) is 0. The van der Waals surface area contributed by atoms with Crippen molar-refractivity contribution in [3.8, 4) is 5.75 Å². The number of benzene rings is 3. The van der Waals surface area contributed by atoms with Crippen molar-refractivity contribution in [2.24, 2.45) is 0 Å². The molecule has 5 nitrogen and oxygen atoms in total. The Hall–Kier alpha value is -3.16. The highest BCUT2D eigenvalue weighted by molar-refractivity contribution is 8.00. The van der Waals surface area contributed by atoms with Gasteiger partial charge in [-0.3, -0.25) is 10.1 Å². The first-order valence-corrected chi connectivity index (χ1v) is 12.1. The molecule has 1 atom stereocenters. The van der Waals surface area contributed by atoms with Crippen molar-refractivity contribution < 1.29 is 9.53 Å². The van der Waals surface area contributed by atoms with Crippen LogP contribution in [0.1, 0.15) is 22.2 Å². The van der Waals surface area contributed by atoms with E-state index in [9.17, 15) is 4.79 Å². The molecule has 0 fully saturated rings. The molecular formula is C25H23N3O2S2. The Kier molecular flexibility index (Phi) is 7.89. The van der Waals surface area contributed by atoms with Crippen LogP contribution in [-0.4, -0.2) is 22.7 Å². The van der Waals surface area contributed by atoms with Gasteiger partial charge in [-0.2, -0.15) is 0 Å². The van der Waals surface area contributed by atoms with Crippen LogP contribution in [-0.2, 0) is 11.2 Å². The molecule has 0 saturated carbocycles. The number of anilines is 1. The summed E-state index contributed by atoms with van der Waals surface area (Å²) in [5, 5.41) is 12.3. The first-order chi connectivity index (χ1) is 15.8. The molecule has 0 aliphatic heterocycles. The van der Waals surface area contributed by atoms with Gasteiger partial charge in [0.15, 0.2) is 0 Å². The summed E-state index contributed by atoms with van der Waals surface area (Å²) in [6.07, 6.45) is 1.58. The maximum atomic E-state index is 13.1. The fourth-order valence-corrected chi connectivity index (χ4v) is 4.87. The number of thioether (sulfide) groups is 1. The lowest BCUT2D eigenvalue weighted by atomic mass is 10.1. The Morgan fingerprint density at radius 1 is 0.906 bits per heavy atom. The van der Waals surface area contributed by atoms with Crippen LogP contribution in [0.3, 0.4) is 0 Å². The van der Waals surface area contributed by atoms with E-state index in [4.69, 9.17) is 4.74 Å². The molecule has 0 aliphatic carbocycles. The number of rotatable bonds is 10. The van der Waals surface area contributed by atoms with Gasteiger partial charge in [-0.05, 0) is 36.2 Å². The van der Waals surface area contributed by atoms with Crippen molar-refractivity contribution >= 4 is 34.1 Å². The number of carbonyl (C=O) groups is 1. The van der Waals surface area contributed by atoms with Gasteiger partial charge in [0, 0.05) is 11.3 Å². The van der Waals surface area contributed by atoms with E-state index in [0.717, 1.165) is 34.1 Å². The van der Waals surface area contributed by atoms with Crippen LogP contribution < -0.4 is 10.1 Å². The molecule has 0 spiro atoms. The summed E-state index contributed by atoms with van der Waals surface area (Å²) in [6, 6.07) is 29.5. The zero-order valence-electron chi connectivity index (χ0n) is 17.4. The zero-order valence-corrected chi connectivity index (χ0v) is 19.0. The van der Waals surface area contributed by atoms with Crippen LogP contribution >= 0.6 is 23.1 Å². The molecule has 4 aromatic rings. The van der Waals surface area contributed by atoms with Gasteiger partial charge in [0.05, 0.1) is 6.61 Å². The van der Waals surface area contributed by atoms with E-state index in [-0.39, 0.29) is 11.2 Å². The molecule has 32 heavy (non-hydrogen) atoms. The minimum absolute atomic E-state index is 0.111. The summed E-state index contributed by atoms with van der Waals surface area (Å²) < 4.78 is 5.72. The molecule has 3 aromatic carbocycles. The Balaban J connectivity index is 1.34. The number of hydrogen-bond donors (Lipinski definition) is 1. The van der Waals surface area contributed by atoms with Crippen molar-refractivity contribution in [1.29, 1.82) is 0 Å². The van der Waals surface area contributed by atoms with Gasteiger partial charge in [0.1, 0.15) is 16.0 Å². The Labute approximate surface area is 195 Å². The van der Waals surface area contributed by atoms with E-state index in [2.05, 4.69) is 15.5 Å².